The van der Waals surface area contributed by atoms with E-state index in [1.54, 1.807) is 31.4 Å². The molecular formula is C20H28N4O3. The van der Waals surface area contributed by atoms with Crippen molar-refractivity contribution < 1.29 is 13.9 Å². The largest absolute Gasteiger partial charge is 0.497 e. The van der Waals surface area contributed by atoms with E-state index in [0.29, 0.717) is 29.7 Å². The summed E-state index contributed by atoms with van der Waals surface area (Å²) < 4.78 is 10.6. The molecule has 0 aliphatic carbocycles. The van der Waals surface area contributed by atoms with E-state index in [2.05, 4.69) is 33.9 Å². The Morgan fingerprint density at radius 2 is 1.85 bits per heavy atom. The number of carbonyl (C=O) groups excluding carboxylic acids is 1. The number of nitrogens with zero attached hydrogens (tertiary/aromatic N) is 3. The molecule has 2 aromatic rings. The van der Waals surface area contributed by atoms with Crippen LogP contribution in [0.25, 0.3) is 0 Å². The number of methoxy groups -OCH3 is 1. The zero-order valence-electron chi connectivity index (χ0n) is 16.3. The second kappa shape index (κ2) is 9.01. The number of piperazine rings is 1. The molecule has 1 N–H and O–H groups in total. The number of carbonyl (C=O) groups is 1. The Labute approximate surface area is 160 Å². The van der Waals surface area contributed by atoms with Gasteiger partial charge in [-0.05, 0) is 30.2 Å². The summed E-state index contributed by atoms with van der Waals surface area (Å²) in [5.41, 5.74) is 0.978. The van der Waals surface area contributed by atoms with Crippen molar-refractivity contribution in [3.63, 3.8) is 0 Å². The van der Waals surface area contributed by atoms with Crippen molar-refractivity contribution in [2.75, 3.05) is 45.2 Å². The molecule has 0 radical (unpaired) electrons. The smallest absolute Gasteiger partial charge is 0.277 e. The molecule has 0 spiro atoms. The molecule has 1 aliphatic rings. The van der Waals surface area contributed by atoms with Gasteiger partial charge >= 0.3 is 0 Å². The molecule has 1 saturated heterocycles. The van der Waals surface area contributed by atoms with E-state index < -0.39 is 0 Å². The molecule has 1 aromatic heterocycles. The fourth-order valence-electron chi connectivity index (χ4n) is 3.19. The third-order valence-electron chi connectivity index (χ3n) is 4.58. The zero-order chi connectivity index (χ0) is 19.2. The Morgan fingerprint density at radius 1 is 1.19 bits per heavy atom. The molecule has 1 aliphatic heterocycles. The predicted octanol–water partition coefficient (Wildman–Crippen LogP) is 2.71. The van der Waals surface area contributed by atoms with Crippen molar-refractivity contribution >= 4 is 11.6 Å². The Morgan fingerprint density at radius 3 is 2.48 bits per heavy atom. The molecule has 0 bridgehead atoms. The van der Waals surface area contributed by atoms with Gasteiger partial charge in [0, 0.05) is 38.4 Å². The van der Waals surface area contributed by atoms with Crippen LogP contribution in [-0.2, 0) is 6.54 Å². The van der Waals surface area contributed by atoms with Crippen LogP contribution in [0.15, 0.2) is 34.9 Å². The minimum Gasteiger partial charge on any atom is -0.497 e. The summed E-state index contributed by atoms with van der Waals surface area (Å²) in [4.78, 5) is 21.5. The van der Waals surface area contributed by atoms with Gasteiger partial charge in [-0.3, -0.25) is 9.69 Å². The van der Waals surface area contributed by atoms with E-state index in [-0.39, 0.29) is 5.91 Å². The van der Waals surface area contributed by atoms with Gasteiger partial charge in [0.15, 0.2) is 5.69 Å². The Balaban J connectivity index is 1.50. The van der Waals surface area contributed by atoms with Gasteiger partial charge in [-0.25, -0.2) is 4.98 Å². The summed E-state index contributed by atoms with van der Waals surface area (Å²) in [7, 11) is 1.61. The van der Waals surface area contributed by atoms with Crippen LogP contribution in [0.4, 0.5) is 5.69 Å². The van der Waals surface area contributed by atoms with Crippen LogP contribution in [0.5, 0.6) is 5.75 Å². The molecule has 7 nitrogen and oxygen atoms in total. The van der Waals surface area contributed by atoms with Crippen molar-refractivity contribution in [1.82, 2.24) is 14.8 Å². The Kier molecular flexibility index (Phi) is 6.47. The Hall–Kier alpha value is -2.38. The van der Waals surface area contributed by atoms with Gasteiger partial charge in [-0.15, -0.1) is 0 Å². The second-order valence-corrected chi connectivity index (χ2v) is 7.28. The lowest BCUT2D eigenvalue weighted by atomic mass is 10.2. The molecule has 146 valence electrons. The first kappa shape index (κ1) is 19.4. The number of anilines is 1. The minimum atomic E-state index is -0.281. The normalized spacial score (nSPS) is 15.9. The van der Waals surface area contributed by atoms with E-state index in [4.69, 9.17) is 9.15 Å². The number of ether oxygens (including phenoxy) is 1. The molecule has 27 heavy (non-hydrogen) atoms. The SMILES string of the molecule is COc1ccc(NC(=O)c2coc(CN3CCN(CC(C)C)CC3)n2)cc1. The molecule has 2 heterocycles. The van der Waals surface area contributed by atoms with Gasteiger partial charge < -0.3 is 19.4 Å². The second-order valence-electron chi connectivity index (χ2n) is 7.28. The van der Waals surface area contributed by atoms with Crippen molar-refractivity contribution in [2.45, 2.75) is 20.4 Å². The first-order valence-corrected chi connectivity index (χ1v) is 9.38. The van der Waals surface area contributed by atoms with E-state index >= 15 is 0 Å². The van der Waals surface area contributed by atoms with Crippen LogP contribution >= 0.6 is 0 Å². The lowest BCUT2D eigenvalue weighted by molar-refractivity contribution is 0.102. The van der Waals surface area contributed by atoms with E-state index in [0.717, 1.165) is 38.5 Å². The van der Waals surface area contributed by atoms with Gasteiger partial charge in [0.05, 0.1) is 13.7 Å². The number of hydrogen-bond donors (Lipinski definition) is 1. The Bertz CT molecular complexity index is 734. The molecule has 0 atom stereocenters. The number of hydrogen-bond acceptors (Lipinski definition) is 6. The number of oxazole rings is 1. The van der Waals surface area contributed by atoms with Crippen LogP contribution in [0, 0.1) is 5.92 Å². The molecule has 3 rings (SSSR count). The standard InChI is InChI=1S/C20H28N4O3/c1-15(2)12-23-8-10-24(11-9-23)13-19-22-18(14-27-19)20(25)21-16-4-6-17(26-3)7-5-16/h4-7,14-15H,8-13H2,1-3H3,(H,21,25). The maximum absolute atomic E-state index is 12.3. The highest BCUT2D eigenvalue weighted by molar-refractivity contribution is 6.02. The van der Waals surface area contributed by atoms with E-state index in [1.165, 1.54) is 6.26 Å². The molecule has 0 unspecified atom stereocenters. The van der Waals surface area contributed by atoms with Gasteiger partial charge in [0.1, 0.15) is 12.0 Å². The predicted molar refractivity (Wildman–Crippen MR) is 104 cm³/mol. The number of amides is 1. The maximum atomic E-state index is 12.3. The number of aromatic nitrogens is 1. The van der Waals surface area contributed by atoms with Gasteiger partial charge in [0.25, 0.3) is 5.91 Å². The average Bonchev–Trinajstić information content (AvgIpc) is 3.12. The fourth-order valence-corrected chi connectivity index (χ4v) is 3.19. The summed E-state index contributed by atoms with van der Waals surface area (Å²) in [6, 6.07) is 7.16. The first-order chi connectivity index (χ1) is 13.0. The highest BCUT2D eigenvalue weighted by Gasteiger charge is 2.20. The van der Waals surface area contributed by atoms with Gasteiger partial charge in [-0.1, -0.05) is 13.8 Å². The monoisotopic (exact) mass is 372 g/mol. The summed E-state index contributed by atoms with van der Waals surface area (Å²) in [6.45, 7) is 10.4. The van der Waals surface area contributed by atoms with Gasteiger partial charge in [-0.2, -0.15) is 0 Å². The first-order valence-electron chi connectivity index (χ1n) is 9.38. The lowest BCUT2D eigenvalue weighted by Gasteiger charge is -2.34. The summed E-state index contributed by atoms with van der Waals surface area (Å²) in [5, 5.41) is 2.81. The molecule has 1 fully saturated rings. The molecule has 1 amide bonds. The topological polar surface area (TPSA) is 70.8 Å². The van der Waals surface area contributed by atoms with Gasteiger partial charge in [0.2, 0.25) is 5.89 Å². The minimum absolute atomic E-state index is 0.281. The maximum Gasteiger partial charge on any atom is 0.277 e. The lowest BCUT2D eigenvalue weighted by Crippen LogP contribution is -2.46. The summed E-state index contributed by atoms with van der Waals surface area (Å²) in [6.07, 6.45) is 1.42. The van der Waals surface area contributed by atoms with Crippen LogP contribution in [-0.4, -0.2) is 60.5 Å². The summed E-state index contributed by atoms with van der Waals surface area (Å²) >= 11 is 0. The number of benzene rings is 1. The highest BCUT2D eigenvalue weighted by Crippen LogP contribution is 2.16. The number of nitrogens with one attached hydrogen (secondary N) is 1. The van der Waals surface area contributed by atoms with Crippen molar-refractivity contribution in [3.05, 3.63) is 42.1 Å². The van der Waals surface area contributed by atoms with E-state index in [1.807, 2.05) is 0 Å². The van der Waals surface area contributed by atoms with Crippen LogP contribution in [0.3, 0.4) is 0 Å². The van der Waals surface area contributed by atoms with E-state index in [9.17, 15) is 4.79 Å². The highest BCUT2D eigenvalue weighted by atomic mass is 16.5. The number of rotatable bonds is 7. The van der Waals surface area contributed by atoms with Crippen LogP contribution in [0.1, 0.15) is 30.2 Å². The van der Waals surface area contributed by atoms with Crippen molar-refractivity contribution in [3.8, 4) is 5.75 Å². The molecule has 0 saturated carbocycles. The molecular weight excluding hydrogens is 344 g/mol. The molecule has 1 aromatic carbocycles. The molecule has 7 heteroatoms. The van der Waals surface area contributed by atoms with Crippen molar-refractivity contribution in [2.24, 2.45) is 5.92 Å². The third kappa shape index (κ3) is 5.55. The average molecular weight is 372 g/mol. The van der Waals surface area contributed by atoms with Crippen LogP contribution in [0.2, 0.25) is 0 Å². The fraction of sp³-hybridized carbons (Fsp3) is 0.500. The third-order valence-corrected chi connectivity index (χ3v) is 4.58. The van der Waals surface area contributed by atoms with Crippen LogP contribution < -0.4 is 10.1 Å². The summed E-state index contributed by atoms with van der Waals surface area (Å²) in [5.74, 6) is 1.73. The quantitative estimate of drug-likeness (QED) is 0.806. The van der Waals surface area contributed by atoms with Crippen molar-refractivity contribution in [1.29, 1.82) is 0 Å². The zero-order valence-corrected chi connectivity index (χ0v) is 16.3.